The summed E-state index contributed by atoms with van der Waals surface area (Å²) >= 11 is 0. The molecule has 0 amide bonds. The van der Waals surface area contributed by atoms with Gasteiger partial charge in [-0.25, -0.2) is 14.8 Å². The number of hydrogen-bond donors (Lipinski definition) is 1. The van der Waals surface area contributed by atoms with Crippen molar-refractivity contribution in [1.29, 1.82) is 0 Å². The molecule has 1 aliphatic heterocycles. The first-order chi connectivity index (χ1) is 9.63. The molecule has 1 N–H and O–H groups in total. The number of hydrogen-bond acceptors (Lipinski definition) is 4. The SMILES string of the molecule is Cc1nc(C(=O)O)cc(N2CCc3ccccc3C2)n1. The highest BCUT2D eigenvalue weighted by atomic mass is 16.4. The lowest BCUT2D eigenvalue weighted by Crippen LogP contribution is -2.31. The second kappa shape index (κ2) is 4.92. The van der Waals surface area contributed by atoms with Crippen LogP contribution in [0.3, 0.4) is 0 Å². The maximum atomic E-state index is 11.1. The van der Waals surface area contributed by atoms with Gasteiger partial charge in [0.1, 0.15) is 11.6 Å². The summed E-state index contributed by atoms with van der Waals surface area (Å²) in [6.07, 6.45) is 0.946. The highest BCUT2D eigenvalue weighted by Crippen LogP contribution is 2.23. The molecule has 0 saturated carbocycles. The van der Waals surface area contributed by atoms with Crippen LogP contribution in [0.5, 0.6) is 0 Å². The van der Waals surface area contributed by atoms with Crippen LogP contribution < -0.4 is 4.90 Å². The normalized spacial score (nSPS) is 13.9. The Morgan fingerprint density at radius 1 is 1.25 bits per heavy atom. The number of carboxylic acids is 1. The van der Waals surface area contributed by atoms with Crippen LogP contribution in [0.2, 0.25) is 0 Å². The van der Waals surface area contributed by atoms with E-state index in [0.29, 0.717) is 11.6 Å². The Hall–Kier alpha value is -2.43. The highest BCUT2D eigenvalue weighted by Gasteiger charge is 2.19. The van der Waals surface area contributed by atoms with E-state index in [0.717, 1.165) is 19.5 Å². The molecule has 0 radical (unpaired) electrons. The summed E-state index contributed by atoms with van der Waals surface area (Å²) < 4.78 is 0. The zero-order chi connectivity index (χ0) is 14.1. The second-order valence-electron chi connectivity index (χ2n) is 4.90. The van der Waals surface area contributed by atoms with Crippen molar-refractivity contribution in [1.82, 2.24) is 9.97 Å². The molecule has 0 atom stereocenters. The Morgan fingerprint density at radius 3 is 2.75 bits per heavy atom. The third kappa shape index (κ3) is 2.34. The summed E-state index contributed by atoms with van der Waals surface area (Å²) in [5, 5.41) is 9.08. The van der Waals surface area contributed by atoms with Gasteiger partial charge in [-0.05, 0) is 24.5 Å². The summed E-state index contributed by atoms with van der Waals surface area (Å²) in [4.78, 5) is 21.5. The first-order valence-electron chi connectivity index (χ1n) is 6.54. The zero-order valence-electron chi connectivity index (χ0n) is 11.2. The van der Waals surface area contributed by atoms with Crippen molar-refractivity contribution in [2.75, 3.05) is 11.4 Å². The smallest absolute Gasteiger partial charge is 0.354 e. The van der Waals surface area contributed by atoms with Crippen molar-refractivity contribution in [3.05, 3.63) is 53.0 Å². The number of nitrogens with zero attached hydrogens (tertiary/aromatic N) is 3. The van der Waals surface area contributed by atoms with Gasteiger partial charge in [-0.2, -0.15) is 0 Å². The van der Waals surface area contributed by atoms with Gasteiger partial charge in [-0.15, -0.1) is 0 Å². The maximum absolute atomic E-state index is 11.1. The molecule has 3 rings (SSSR count). The minimum absolute atomic E-state index is 0.0476. The first-order valence-corrected chi connectivity index (χ1v) is 6.54. The van der Waals surface area contributed by atoms with Crippen LogP contribution in [0.15, 0.2) is 30.3 Å². The van der Waals surface area contributed by atoms with Crippen LogP contribution in [0.1, 0.15) is 27.4 Å². The van der Waals surface area contributed by atoms with E-state index in [-0.39, 0.29) is 5.69 Å². The molecule has 1 aromatic carbocycles. The monoisotopic (exact) mass is 269 g/mol. The summed E-state index contributed by atoms with van der Waals surface area (Å²) in [5.41, 5.74) is 2.67. The van der Waals surface area contributed by atoms with Gasteiger partial charge in [-0.1, -0.05) is 24.3 Å². The zero-order valence-corrected chi connectivity index (χ0v) is 11.2. The summed E-state index contributed by atoms with van der Waals surface area (Å²) in [5.74, 6) is 0.150. The average Bonchev–Trinajstić information content (AvgIpc) is 2.46. The Morgan fingerprint density at radius 2 is 2.00 bits per heavy atom. The van der Waals surface area contributed by atoms with Crippen molar-refractivity contribution in [3.8, 4) is 0 Å². The standard InChI is InChI=1S/C15H15N3O2/c1-10-16-13(15(19)20)8-14(17-10)18-7-6-11-4-2-3-5-12(11)9-18/h2-5,8H,6-7,9H2,1H3,(H,19,20). The van der Waals surface area contributed by atoms with E-state index in [1.807, 2.05) is 12.1 Å². The van der Waals surface area contributed by atoms with Gasteiger partial charge in [0, 0.05) is 19.2 Å². The number of rotatable bonds is 2. The number of aryl methyl sites for hydroxylation is 1. The molecule has 0 fully saturated rings. The summed E-state index contributed by atoms with van der Waals surface area (Å²) in [7, 11) is 0. The molecule has 0 spiro atoms. The fourth-order valence-electron chi connectivity index (χ4n) is 2.51. The molecule has 0 unspecified atom stereocenters. The van der Waals surface area contributed by atoms with Gasteiger partial charge in [0.25, 0.3) is 0 Å². The molecule has 5 nitrogen and oxygen atoms in total. The van der Waals surface area contributed by atoms with Crippen LogP contribution in [0.25, 0.3) is 0 Å². The number of fused-ring (bicyclic) bond motifs is 1. The van der Waals surface area contributed by atoms with Crippen molar-refractivity contribution in [3.63, 3.8) is 0 Å². The Bertz CT molecular complexity index is 670. The highest BCUT2D eigenvalue weighted by molar-refractivity contribution is 5.86. The molecule has 0 aliphatic carbocycles. The van der Waals surface area contributed by atoms with Crippen molar-refractivity contribution in [2.24, 2.45) is 0 Å². The van der Waals surface area contributed by atoms with E-state index in [1.54, 1.807) is 13.0 Å². The fourth-order valence-corrected chi connectivity index (χ4v) is 2.51. The van der Waals surface area contributed by atoms with Crippen molar-refractivity contribution in [2.45, 2.75) is 19.9 Å². The lowest BCUT2D eigenvalue weighted by atomic mass is 10.00. The van der Waals surface area contributed by atoms with Crippen LogP contribution in [0.4, 0.5) is 5.82 Å². The molecule has 0 saturated heterocycles. The molecule has 20 heavy (non-hydrogen) atoms. The predicted octanol–water partition coefficient (Wildman–Crippen LogP) is 2.05. The Labute approximate surface area is 116 Å². The minimum Gasteiger partial charge on any atom is -0.477 e. The summed E-state index contributed by atoms with van der Waals surface area (Å²) in [6, 6.07) is 9.86. The Kier molecular flexibility index (Phi) is 3.10. The number of aromatic nitrogens is 2. The maximum Gasteiger partial charge on any atom is 0.354 e. The largest absolute Gasteiger partial charge is 0.477 e. The second-order valence-corrected chi connectivity index (χ2v) is 4.90. The number of aromatic carboxylic acids is 1. The van der Waals surface area contributed by atoms with E-state index < -0.39 is 5.97 Å². The molecule has 1 aromatic heterocycles. The van der Waals surface area contributed by atoms with Crippen molar-refractivity contribution < 1.29 is 9.90 Å². The fraction of sp³-hybridized carbons (Fsp3) is 0.267. The molecule has 2 heterocycles. The average molecular weight is 269 g/mol. The molecule has 102 valence electrons. The minimum atomic E-state index is -1.02. The molecule has 1 aliphatic rings. The van der Waals surface area contributed by atoms with E-state index in [4.69, 9.17) is 5.11 Å². The predicted molar refractivity (Wildman–Crippen MR) is 74.9 cm³/mol. The Balaban J connectivity index is 1.93. The van der Waals surface area contributed by atoms with Crippen molar-refractivity contribution >= 4 is 11.8 Å². The molecular formula is C15H15N3O2. The van der Waals surface area contributed by atoms with Crippen LogP contribution >= 0.6 is 0 Å². The molecule has 0 bridgehead atoms. The molecular weight excluding hydrogens is 254 g/mol. The molecule has 2 aromatic rings. The van der Waals surface area contributed by atoms with Gasteiger partial charge in [0.15, 0.2) is 5.69 Å². The quantitative estimate of drug-likeness (QED) is 0.903. The van der Waals surface area contributed by atoms with E-state index in [2.05, 4.69) is 27.0 Å². The third-order valence-electron chi connectivity index (χ3n) is 3.50. The number of carbonyl (C=O) groups is 1. The van der Waals surface area contributed by atoms with Crippen LogP contribution in [-0.2, 0) is 13.0 Å². The lowest BCUT2D eigenvalue weighted by molar-refractivity contribution is 0.0690. The number of anilines is 1. The summed E-state index contributed by atoms with van der Waals surface area (Å²) in [6.45, 7) is 3.31. The number of benzene rings is 1. The van der Waals surface area contributed by atoms with Gasteiger partial charge < -0.3 is 10.0 Å². The first kappa shape index (κ1) is 12.6. The van der Waals surface area contributed by atoms with Gasteiger partial charge in [0.2, 0.25) is 0 Å². The molecule has 5 heteroatoms. The van der Waals surface area contributed by atoms with E-state index in [1.165, 1.54) is 11.1 Å². The van der Waals surface area contributed by atoms with Gasteiger partial charge >= 0.3 is 5.97 Å². The van der Waals surface area contributed by atoms with Gasteiger partial charge in [-0.3, -0.25) is 0 Å². The van der Waals surface area contributed by atoms with E-state index >= 15 is 0 Å². The topological polar surface area (TPSA) is 66.3 Å². The van der Waals surface area contributed by atoms with Gasteiger partial charge in [0.05, 0.1) is 0 Å². The third-order valence-corrected chi connectivity index (χ3v) is 3.50. The van der Waals surface area contributed by atoms with E-state index in [9.17, 15) is 4.79 Å². The van der Waals surface area contributed by atoms with Crippen LogP contribution in [0, 0.1) is 6.92 Å². The van der Waals surface area contributed by atoms with Crippen LogP contribution in [-0.4, -0.2) is 27.6 Å². The number of carboxylic acid groups (broad SMARTS) is 1. The lowest BCUT2D eigenvalue weighted by Gasteiger charge is -2.29.